The molecule has 0 fully saturated rings. The van der Waals surface area contributed by atoms with Gasteiger partial charge in [0.2, 0.25) is 23.6 Å². The summed E-state index contributed by atoms with van der Waals surface area (Å²) < 4.78 is 1.69. The largest absolute Gasteiger partial charge is 0.361 e. The van der Waals surface area contributed by atoms with Gasteiger partial charge in [0.15, 0.2) is 0 Å². The highest BCUT2D eigenvalue weighted by atomic mass is 16.2. The number of aromatic nitrogens is 2. The lowest BCUT2D eigenvalue weighted by Crippen LogP contribution is -2.07. The van der Waals surface area contributed by atoms with Crippen LogP contribution >= 0.6 is 0 Å². The SMILES string of the molecule is C.C.C.C.CC(=O)Nc1c(C)ccc2ccccc12.CC(=O)Nc1cc2ccccc2cc1C.CC(=O)Nc1ccc2ccccc2c1C.CC(=O)n1ccc2cccc(C)c21.Cc1cccc2cc[nH]c12. The minimum absolute atomic E-state index is 0. The maximum absolute atomic E-state index is 11.2. The molecule has 0 atom stereocenters. The van der Waals surface area contributed by atoms with E-state index in [0.29, 0.717) is 0 Å². The Balaban J connectivity index is 0.000000306. The summed E-state index contributed by atoms with van der Waals surface area (Å²) in [5, 5.41) is 17.9. The van der Waals surface area contributed by atoms with Crippen LogP contribution in [-0.2, 0) is 14.4 Å². The number of hydrogen-bond acceptors (Lipinski definition) is 4. The quantitative estimate of drug-likeness (QED) is 0.141. The first-order valence-corrected chi connectivity index (χ1v) is 22.5. The number of aryl methyl sites for hydroxylation is 5. The van der Waals surface area contributed by atoms with Gasteiger partial charge in [-0.25, -0.2) is 0 Å². The Labute approximate surface area is 427 Å². The van der Waals surface area contributed by atoms with Crippen molar-refractivity contribution < 1.29 is 19.2 Å². The molecule has 2 aromatic heterocycles. The number of rotatable bonds is 3. The standard InChI is InChI=1S/3C13H13NO.C11H11NO.C9H9N.4CH4/c1-9-7-11-5-3-4-6-12(11)8-13(9)14-10(2)15;1-9-12-6-4-3-5-11(12)7-8-13(9)14-10(2)15;1-9-7-8-11-5-3-4-6-12(11)13(9)14-10(2)15;1-8-4-3-5-10-6-7-12(9(2)13)11(8)10;1-7-3-2-4-8-5-6-10-9(7)8;;;;/h3*3-8H,1-2H3,(H,14,15);3-7H,1-2H3;2-6,10H,1H3;4*1H4. The second-order valence-electron chi connectivity index (χ2n) is 16.7. The van der Waals surface area contributed by atoms with E-state index in [4.69, 9.17) is 0 Å². The Bertz CT molecular complexity index is 3390. The van der Waals surface area contributed by atoms with E-state index in [-0.39, 0.29) is 53.3 Å². The molecule has 0 radical (unpaired) electrons. The number of nitrogens with zero attached hydrogens (tertiary/aromatic N) is 1. The number of amides is 3. The van der Waals surface area contributed by atoms with Crippen LogP contribution in [0.3, 0.4) is 0 Å². The van der Waals surface area contributed by atoms with E-state index in [2.05, 4.69) is 82.5 Å². The maximum atomic E-state index is 11.2. The fourth-order valence-electron chi connectivity index (χ4n) is 8.03. The number of carbonyl (C=O) groups is 4. The van der Waals surface area contributed by atoms with Crippen LogP contribution in [0.5, 0.6) is 0 Å². The molecule has 2 heterocycles. The molecule has 0 aliphatic carbocycles. The third-order valence-electron chi connectivity index (χ3n) is 11.4. The van der Waals surface area contributed by atoms with Crippen LogP contribution in [-0.4, -0.2) is 33.2 Å². The highest BCUT2D eigenvalue weighted by Crippen LogP contribution is 2.28. The zero-order chi connectivity index (χ0) is 48.9. The molecule has 8 aromatic carbocycles. The zero-order valence-electron chi connectivity index (χ0n) is 40.2. The predicted molar refractivity (Wildman–Crippen MR) is 312 cm³/mol. The van der Waals surface area contributed by atoms with Gasteiger partial charge < -0.3 is 20.9 Å². The molecule has 376 valence electrons. The van der Waals surface area contributed by atoms with Crippen LogP contribution < -0.4 is 16.0 Å². The van der Waals surface area contributed by atoms with Gasteiger partial charge in [0.25, 0.3) is 0 Å². The van der Waals surface area contributed by atoms with Gasteiger partial charge in [-0.05, 0) is 125 Å². The fraction of sp³-hybridized carbons (Fsp3) is 0.206. The minimum Gasteiger partial charge on any atom is -0.361 e. The zero-order valence-corrected chi connectivity index (χ0v) is 40.2. The molecule has 0 bridgehead atoms. The summed E-state index contributed by atoms with van der Waals surface area (Å²) in [4.78, 5) is 47.5. The number of fused-ring (bicyclic) bond motifs is 5. The van der Waals surface area contributed by atoms with Gasteiger partial charge in [0.05, 0.1) is 11.2 Å². The monoisotopic (exact) mass is 966 g/mol. The first kappa shape index (κ1) is 59.8. The summed E-state index contributed by atoms with van der Waals surface area (Å²) in [6.07, 6.45) is 3.79. The van der Waals surface area contributed by atoms with Gasteiger partial charge in [-0.15, -0.1) is 0 Å². The van der Waals surface area contributed by atoms with Gasteiger partial charge in [0, 0.05) is 67.8 Å². The van der Waals surface area contributed by atoms with E-state index < -0.39 is 0 Å². The van der Waals surface area contributed by atoms with E-state index in [1.807, 2.05) is 143 Å². The summed E-state index contributed by atoms with van der Waals surface area (Å²) in [5.41, 5.74) is 10.7. The molecule has 0 saturated heterocycles. The van der Waals surface area contributed by atoms with Crippen LogP contribution in [0.1, 0.15) is 90.0 Å². The molecule has 10 aromatic rings. The van der Waals surface area contributed by atoms with Crippen molar-refractivity contribution in [2.75, 3.05) is 16.0 Å². The molecule has 3 amide bonds. The summed E-state index contributed by atoms with van der Waals surface area (Å²) in [5.74, 6) is -0.0412. The van der Waals surface area contributed by atoms with E-state index in [0.717, 1.165) is 66.4 Å². The van der Waals surface area contributed by atoms with Gasteiger partial charge in [-0.3, -0.25) is 23.7 Å². The van der Waals surface area contributed by atoms with Crippen LogP contribution in [0.15, 0.2) is 170 Å². The third kappa shape index (κ3) is 15.3. The van der Waals surface area contributed by atoms with Gasteiger partial charge >= 0.3 is 0 Å². The van der Waals surface area contributed by atoms with Crippen molar-refractivity contribution >= 4 is 94.8 Å². The average Bonchev–Trinajstić information content (AvgIpc) is 3.99. The van der Waals surface area contributed by atoms with Crippen molar-refractivity contribution in [3.8, 4) is 0 Å². The average molecular weight is 966 g/mol. The predicted octanol–water partition coefficient (Wildman–Crippen LogP) is 17.0. The van der Waals surface area contributed by atoms with Crippen molar-refractivity contribution in [3.63, 3.8) is 0 Å². The lowest BCUT2D eigenvalue weighted by Gasteiger charge is -2.10. The topological polar surface area (TPSA) is 125 Å². The Hall–Kier alpha value is -8.30. The normalized spacial score (nSPS) is 9.79. The van der Waals surface area contributed by atoms with E-state index in [1.165, 1.54) is 53.4 Å². The van der Waals surface area contributed by atoms with E-state index in [1.54, 1.807) is 11.5 Å². The summed E-state index contributed by atoms with van der Waals surface area (Å²) in [6, 6.07) is 52.8. The number of benzene rings is 8. The molecule has 0 aliphatic heterocycles. The lowest BCUT2D eigenvalue weighted by molar-refractivity contribution is -0.115. The van der Waals surface area contributed by atoms with Crippen molar-refractivity contribution in [3.05, 3.63) is 198 Å². The number of aromatic amines is 1. The highest BCUT2D eigenvalue weighted by molar-refractivity contribution is 6.03. The molecule has 9 heteroatoms. The number of para-hydroxylation sites is 2. The molecule has 4 N–H and O–H groups in total. The van der Waals surface area contributed by atoms with Crippen molar-refractivity contribution in [1.82, 2.24) is 9.55 Å². The minimum atomic E-state index is -0.0339. The van der Waals surface area contributed by atoms with Crippen molar-refractivity contribution in [1.29, 1.82) is 0 Å². The summed E-state index contributed by atoms with van der Waals surface area (Å²) >= 11 is 0. The molecule has 10 rings (SSSR count). The highest BCUT2D eigenvalue weighted by Gasteiger charge is 2.08. The molecular formula is C63H75N5O4. The fourth-order valence-corrected chi connectivity index (χ4v) is 8.03. The van der Waals surface area contributed by atoms with Crippen LogP contribution in [0.2, 0.25) is 0 Å². The van der Waals surface area contributed by atoms with Gasteiger partial charge in [-0.2, -0.15) is 0 Å². The van der Waals surface area contributed by atoms with Crippen LogP contribution in [0.25, 0.3) is 54.1 Å². The van der Waals surface area contributed by atoms with Crippen LogP contribution in [0.4, 0.5) is 17.1 Å². The second-order valence-corrected chi connectivity index (χ2v) is 16.7. The summed E-state index contributed by atoms with van der Waals surface area (Å²) in [7, 11) is 0. The smallest absolute Gasteiger partial charge is 0.227 e. The van der Waals surface area contributed by atoms with Gasteiger partial charge in [-0.1, -0.05) is 157 Å². The molecule has 0 unspecified atom stereocenters. The number of nitrogens with one attached hydrogen (secondary N) is 4. The number of H-pyrrole nitrogens is 1. The Kier molecular flexibility index (Phi) is 23.1. The van der Waals surface area contributed by atoms with E-state index >= 15 is 0 Å². The Morgan fingerprint density at radius 1 is 0.417 bits per heavy atom. The second kappa shape index (κ2) is 27.8. The molecule has 0 spiro atoms. The molecule has 9 nitrogen and oxygen atoms in total. The van der Waals surface area contributed by atoms with E-state index in [9.17, 15) is 19.2 Å². The summed E-state index contributed by atoms with van der Waals surface area (Å²) in [6.45, 7) is 16.3. The number of carbonyl (C=O) groups excluding carboxylic acids is 4. The maximum Gasteiger partial charge on any atom is 0.227 e. The Morgan fingerprint density at radius 3 is 1.51 bits per heavy atom. The number of anilines is 3. The number of hydrogen-bond donors (Lipinski definition) is 4. The van der Waals surface area contributed by atoms with Gasteiger partial charge in [0.1, 0.15) is 0 Å². The molecule has 0 aliphatic rings. The first-order valence-electron chi connectivity index (χ1n) is 22.5. The molecular weight excluding hydrogens is 891 g/mol. The van der Waals surface area contributed by atoms with Crippen molar-refractivity contribution in [2.24, 2.45) is 0 Å². The molecule has 72 heavy (non-hydrogen) atoms. The Morgan fingerprint density at radius 2 is 0.917 bits per heavy atom. The molecule has 0 saturated carbocycles. The third-order valence-corrected chi connectivity index (χ3v) is 11.4. The lowest BCUT2D eigenvalue weighted by atomic mass is 10.0. The van der Waals surface area contributed by atoms with Crippen molar-refractivity contribution in [2.45, 2.75) is 92.0 Å². The first-order chi connectivity index (χ1) is 32.6. The van der Waals surface area contributed by atoms with Crippen LogP contribution in [0, 0.1) is 34.6 Å².